The van der Waals surface area contributed by atoms with E-state index in [1.165, 1.54) is 4.31 Å². The lowest BCUT2D eigenvalue weighted by Crippen LogP contribution is -2.56. The summed E-state index contributed by atoms with van der Waals surface area (Å²) in [4.78, 5) is 14.4. The van der Waals surface area contributed by atoms with E-state index < -0.39 is 16.3 Å². The SMILES string of the molecule is C[C@H](Oc1ccccc1Cl)C(=O)N1CCN(S(=O)(=O)N2CCCCCC2)CC1. The third kappa shape index (κ3) is 4.97. The molecule has 0 aromatic heterocycles. The number of carbonyl (C=O) groups is 1. The average molecular weight is 430 g/mol. The maximum absolute atomic E-state index is 12.9. The normalized spacial score (nSPS) is 21.1. The number of amides is 1. The van der Waals surface area contributed by atoms with Gasteiger partial charge in [-0.15, -0.1) is 0 Å². The third-order valence-corrected chi connectivity index (χ3v) is 7.60. The summed E-state index contributed by atoms with van der Waals surface area (Å²) in [6.45, 7) is 4.21. The highest BCUT2D eigenvalue weighted by molar-refractivity contribution is 7.86. The Kier molecular flexibility index (Phi) is 7.20. The van der Waals surface area contributed by atoms with E-state index in [0.29, 0.717) is 50.0 Å². The minimum Gasteiger partial charge on any atom is -0.479 e. The molecule has 0 bridgehead atoms. The molecule has 1 amide bonds. The van der Waals surface area contributed by atoms with Crippen LogP contribution in [-0.2, 0) is 15.0 Å². The number of nitrogens with zero attached hydrogens (tertiary/aromatic N) is 3. The van der Waals surface area contributed by atoms with E-state index in [0.717, 1.165) is 25.7 Å². The zero-order chi connectivity index (χ0) is 20.1. The molecule has 2 fully saturated rings. The van der Waals surface area contributed by atoms with Crippen molar-refractivity contribution in [2.24, 2.45) is 0 Å². The average Bonchev–Trinajstić information content (AvgIpc) is 2.99. The van der Waals surface area contributed by atoms with Crippen LogP contribution in [0.5, 0.6) is 5.75 Å². The Morgan fingerprint density at radius 1 is 0.964 bits per heavy atom. The van der Waals surface area contributed by atoms with Crippen molar-refractivity contribution < 1.29 is 17.9 Å². The maximum Gasteiger partial charge on any atom is 0.282 e. The molecule has 0 aliphatic carbocycles. The topological polar surface area (TPSA) is 70.2 Å². The summed E-state index contributed by atoms with van der Waals surface area (Å²) in [5, 5.41) is 0.454. The van der Waals surface area contributed by atoms with Crippen molar-refractivity contribution in [2.45, 2.75) is 38.7 Å². The third-order valence-electron chi connectivity index (χ3n) is 5.26. The van der Waals surface area contributed by atoms with Crippen molar-refractivity contribution in [1.82, 2.24) is 13.5 Å². The predicted molar refractivity (Wildman–Crippen MR) is 109 cm³/mol. The van der Waals surface area contributed by atoms with Gasteiger partial charge >= 0.3 is 0 Å². The molecule has 0 saturated carbocycles. The summed E-state index contributed by atoms with van der Waals surface area (Å²) in [6, 6.07) is 7.02. The van der Waals surface area contributed by atoms with Gasteiger partial charge in [0.1, 0.15) is 5.75 Å². The Morgan fingerprint density at radius 2 is 1.54 bits per heavy atom. The van der Waals surface area contributed by atoms with Crippen LogP contribution in [0.2, 0.25) is 5.02 Å². The number of hydrogen-bond donors (Lipinski definition) is 0. The second kappa shape index (κ2) is 9.43. The van der Waals surface area contributed by atoms with E-state index in [1.54, 1.807) is 40.4 Å². The number of carbonyl (C=O) groups excluding carboxylic acids is 1. The lowest BCUT2D eigenvalue weighted by Gasteiger charge is -2.37. The molecular weight excluding hydrogens is 402 g/mol. The lowest BCUT2D eigenvalue weighted by molar-refractivity contribution is -0.139. The van der Waals surface area contributed by atoms with Gasteiger partial charge < -0.3 is 9.64 Å². The van der Waals surface area contributed by atoms with Crippen molar-refractivity contribution in [3.8, 4) is 5.75 Å². The van der Waals surface area contributed by atoms with Crippen LogP contribution in [0.15, 0.2) is 24.3 Å². The monoisotopic (exact) mass is 429 g/mol. The van der Waals surface area contributed by atoms with Gasteiger partial charge in [0, 0.05) is 39.3 Å². The minimum absolute atomic E-state index is 0.160. The number of para-hydroxylation sites is 1. The molecule has 0 spiro atoms. The van der Waals surface area contributed by atoms with Gasteiger partial charge in [-0.05, 0) is 31.9 Å². The van der Waals surface area contributed by atoms with Crippen molar-refractivity contribution >= 4 is 27.7 Å². The molecule has 0 radical (unpaired) electrons. The fraction of sp³-hybridized carbons (Fsp3) is 0.632. The van der Waals surface area contributed by atoms with E-state index in [2.05, 4.69) is 0 Å². The standard InChI is InChI=1S/C19H28ClN3O4S/c1-16(27-18-9-5-4-8-17(18)20)19(24)21-12-14-23(15-13-21)28(25,26)22-10-6-2-3-7-11-22/h4-5,8-9,16H,2-3,6-7,10-15H2,1H3/t16-/m0/s1. The van der Waals surface area contributed by atoms with Crippen LogP contribution in [0.25, 0.3) is 0 Å². The molecule has 3 rings (SSSR count). The number of piperazine rings is 1. The molecule has 7 nitrogen and oxygen atoms in total. The van der Waals surface area contributed by atoms with Gasteiger partial charge in [-0.25, -0.2) is 0 Å². The summed E-state index contributed by atoms with van der Waals surface area (Å²) in [6.07, 6.45) is 3.30. The van der Waals surface area contributed by atoms with Gasteiger partial charge in [0.2, 0.25) is 0 Å². The Labute approximate surface area is 172 Å². The Hall–Kier alpha value is -1.35. The highest BCUT2D eigenvalue weighted by atomic mass is 35.5. The molecule has 0 N–H and O–H groups in total. The van der Waals surface area contributed by atoms with Gasteiger partial charge in [-0.2, -0.15) is 17.0 Å². The smallest absolute Gasteiger partial charge is 0.282 e. The van der Waals surface area contributed by atoms with Crippen molar-refractivity contribution in [1.29, 1.82) is 0 Å². The molecule has 28 heavy (non-hydrogen) atoms. The van der Waals surface area contributed by atoms with Crippen LogP contribution in [-0.4, -0.2) is 73.2 Å². The van der Waals surface area contributed by atoms with Gasteiger partial charge in [0.05, 0.1) is 5.02 Å². The van der Waals surface area contributed by atoms with Gasteiger partial charge in [0.15, 0.2) is 6.10 Å². The number of rotatable bonds is 5. The number of hydrogen-bond acceptors (Lipinski definition) is 4. The second-order valence-corrected chi connectivity index (χ2v) is 9.57. The van der Waals surface area contributed by atoms with Crippen molar-refractivity contribution in [3.05, 3.63) is 29.3 Å². The molecule has 2 aliphatic heterocycles. The molecule has 1 atom stereocenters. The highest BCUT2D eigenvalue weighted by Crippen LogP contribution is 2.25. The van der Waals surface area contributed by atoms with Crippen LogP contribution in [0.4, 0.5) is 0 Å². The molecule has 2 heterocycles. The molecule has 156 valence electrons. The van der Waals surface area contributed by atoms with Crippen LogP contribution < -0.4 is 4.74 Å². The zero-order valence-corrected chi connectivity index (χ0v) is 17.8. The Balaban J connectivity index is 1.55. The largest absolute Gasteiger partial charge is 0.479 e. The van der Waals surface area contributed by atoms with Crippen LogP contribution in [0, 0.1) is 0 Å². The number of halogens is 1. The van der Waals surface area contributed by atoms with E-state index in [1.807, 2.05) is 0 Å². The minimum atomic E-state index is -3.45. The first-order chi connectivity index (χ1) is 13.4. The van der Waals surface area contributed by atoms with E-state index in [9.17, 15) is 13.2 Å². The highest BCUT2D eigenvalue weighted by Gasteiger charge is 2.34. The molecule has 0 unspecified atom stereocenters. The van der Waals surface area contributed by atoms with Gasteiger partial charge in [-0.3, -0.25) is 4.79 Å². The van der Waals surface area contributed by atoms with E-state index in [4.69, 9.17) is 16.3 Å². The summed E-state index contributed by atoms with van der Waals surface area (Å²) >= 11 is 6.09. The fourth-order valence-corrected chi connectivity index (χ4v) is 5.46. The first-order valence-electron chi connectivity index (χ1n) is 9.85. The number of ether oxygens (including phenoxy) is 1. The van der Waals surface area contributed by atoms with Gasteiger partial charge in [-0.1, -0.05) is 36.6 Å². The van der Waals surface area contributed by atoms with E-state index >= 15 is 0 Å². The Morgan fingerprint density at radius 3 is 2.14 bits per heavy atom. The molecule has 1 aromatic carbocycles. The summed E-state index contributed by atoms with van der Waals surface area (Å²) in [5.41, 5.74) is 0. The van der Waals surface area contributed by atoms with Crippen molar-refractivity contribution in [2.75, 3.05) is 39.3 Å². The molecule has 9 heteroatoms. The fourth-order valence-electron chi connectivity index (χ4n) is 3.61. The zero-order valence-electron chi connectivity index (χ0n) is 16.2. The molecule has 2 saturated heterocycles. The van der Waals surface area contributed by atoms with E-state index in [-0.39, 0.29) is 5.91 Å². The van der Waals surface area contributed by atoms with Crippen LogP contribution in [0.1, 0.15) is 32.6 Å². The van der Waals surface area contributed by atoms with Crippen molar-refractivity contribution in [3.63, 3.8) is 0 Å². The predicted octanol–water partition coefficient (Wildman–Crippen LogP) is 2.37. The molecule has 2 aliphatic rings. The van der Waals surface area contributed by atoms with Crippen LogP contribution >= 0.6 is 11.6 Å². The number of benzene rings is 1. The lowest BCUT2D eigenvalue weighted by atomic mass is 10.2. The first-order valence-corrected chi connectivity index (χ1v) is 11.6. The second-order valence-electron chi connectivity index (χ2n) is 7.24. The quantitative estimate of drug-likeness (QED) is 0.720. The summed E-state index contributed by atoms with van der Waals surface area (Å²) in [5.74, 6) is 0.305. The van der Waals surface area contributed by atoms with Crippen LogP contribution in [0.3, 0.4) is 0 Å². The van der Waals surface area contributed by atoms with Gasteiger partial charge in [0.25, 0.3) is 16.1 Å². The molecular formula is C19H28ClN3O4S. The Bertz CT molecular complexity index is 773. The summed E-state index contributed by atoms with van der Waals surface area (Å²) < 4.78 is 34.6. The summed E-state index contributed by atoms with van der Waals surface area (Å²) in [7, 11) is -3.45. The maximum atomic E-state index is 12.9. The first kappa shape index (κ1) is 21.4. The molecule has 1 aromatic rings.